The molecule has 0 aliphatic rings. The number of aromatic nitrogens is 3. The van der Waals surface area contributed by atoms with Crippen LogP contribution in [0.1, 0.15) is 12.6 Å². The molecule has 1 aromatic carbocycles. The van der Waals surface area contributed by atoms with Crippen LogP contribution in [0.2, 0.25) is 0 Å². The van der Waals surface area contributed by atoms with Gasteiger partial charge in [0.05, 0.1) is 5.69 Å². The molecular formula is C13H12N4OS. The summed E-state index contributed by atoms with van der Waals surface area (Å²) in [6, 6.07) is 9.71. The fourth-order valence-electron chi connectivity index (χ4n) is 1.80. The van der Waals surface area contributed by atoms with Crippen molar-refractivity contribution in [1.82, 2.24) is 15.1 Å². The second-order valence-electron chi connectivity index (χ2n) is 3.97. The molecule has 0 atom stereocenters. The van der Waals surface area contributed by atoms with Gasteiger partial charge in [-0.3, -0.25) is 0 Å². The van der Waals surface area contributed by atoms with Gasteiger partial charge in [0.1, 0.15) is 4.88 Å². The summed E-state index contributed by atoms with van der Waals surface area (Å²) in [4.78, 5) is 9.52. The highest BCUT2D eigenvalue weighted by Gasteiger charge is 2.17. The molecule has 19 heavy (non-hydrogen) atoms. The molecule has 0 saturated heterocycles. The van der Waals surface area contributed by atoms with Gasteiger partial charge in [-0.2, -0.15) is 4.98 Å². The van der Waals surface area contributed by atoms with Gasteiger partial charge in [-0.15, -0.1) is 0 Å². The molecule has 96 valence electrons. The van der Waals surface area contributed by atoms with E-state index in [0.717, 1.165) is 22.6 Å². The van der Waals surface area contributed by atoms with E-state index in [9.17, 15) is 0 Å². The van der Waals surface area contributed by atoms with Gasteiger partial charge in [0.15, 0.2) is 5.13 Å². The Hall–Kier alpha value is -2.21. The van der Waals surface area contributed by atoms with Crippen LogP contribution in [-0.4, -0.2) is 15.1 Å². The number of benzene rings is 1. The lowest BCUT2D eigenvalue weighted by Gasteiger charge is -1.92. The number of nitrogen functional groups attached to an aromatic ring is 1. The van der Waals surface area contributed by atoms with Crippen molar-refractivity contribution in [3.8, 4) is 22.2 Å². The summed E-state index contributed by atoms with van der Waals surface area (Å²) in [5.41, 5.74) is 7.55. The zero-order valence-corrected chi connectivity index (χ0v) is 11.1. The fraction of sp³-hybridized carbons (Fsp3) is 0.154. The van der Waals surface area contributed by atoms with E-state index in [1.165, 1.54) is 11.3 Å². The number of aryl methyl sites for hydroxylation is 1. The molecule has 3 aromatic rings. The van der Waals surface area contributed by atoms with Crippen LogP contribution in [0.15, 0.2) is 34.9 Å². The lowest BCUT2D eigenvalue weighted by molar-refractivity contribution is 0.433. The Labute approximate surface area is 114 Å². The Balaban J connectivity index is 2.01. The smallest absolute Gasteiger partial charge is 0.270 e. The van der Waals surface area contributed by atoms with E-state index in [2.05, 4.69) is 15.1 Å². The highest BCUT2D eigenvalue weighted by atomic mass is 32.1. The number of thiazole rings is 1. The van der Waals surface area contributed by atoms with Crippen molar-refractivity contribution in [2.45, 2.75) is 13.3 Å². The second kappa shape index (κ2) is 4.81. The summed E-state index contributed by atoms with van der Waals surface area (Å²) < 4.78 is 5.31. The van der Waals surface area contributed by atoms with Crippen LogP contribution < -0.4 is 5.73 Å². The number of hydrogen-bond donors (Lipinski definition) is 1. The van der Waals surface area contributed by atoms with Crippen LogP contribution in [0.25, 0.3) is 22.2 Å². The van der Waals surface area contributed by atoms with E-state index >= 15 is 0 Å². The average molecular weight is 272 g/mol. The van der Waals surface area contributed by atoms with Crippen molar-refractivity contribution in [2.24, 2.45) is 0 Å². The number of rotatable bonds is 3. The van der Waals surface area contributed by atoms with Crippen LogP contribution in [0.5, 0.6) is 0 Å². The first-order valence-electron chi connectivity index (χ1n) is 5.92. The van der Waals surface area contributed by atoms with Gasteiger partial charge in [0, 0.05) is 5.56 Å². The zero-order chi connectivity index (χ0) is 13.2. The second-order valence-corrected chi connectivity index (χ2v) is 5.00. The average Bonchev–Trinajstić information content (AvgIpc) is 3.05. The van der Waals surface area contributed by atoms with Crippen LogP contribution in [0.4, 0.5) is 5.13 Å². The maximum Gasteiger partial charge on any atom is 0.270 e. The first-order chi connectivity index (χ1) is 9.28. The Morgan fingerprint density at radius 1 is 1.21 bits per heavy atom. The van der Waals surface area contributed by atoms with E-state index in [4.69, 9.17) is 10.3 Å². The van der Waals surface area contributed by atoms with Gasteiger partial charge in [0.2, 0.25) is 5.82 Å². The van der Waals surface area contributed by atoms with Gasteiger partial charge in [-0.1, -0.05) is 53.7 Å². The lowest BCUT2D eigenvalue weighted by atomic mass is 10.2. The van der Waals surface area contributed by atoms with Crippen LogP contribution >= 0.6 is 11.3 Å². The zero-order valence-electron chi connectivity index (χ0n) is 10.3. The third-order valence-corrected chi connectivity index (χ3v) is 3.62. The fourth-order valence-corrected chi connectivity index (χ4v) is 2.64. The van der Waals surface area contributed by atoms with Gasteiger partial charge < -0.3 is 10.3 Å². The number of nitrogens with zero attached hydrogens (tertiary/aromatic N) is 3. The number of nitrogens with two attached hydrogens (primary N) is 1. The van der Waals surface area contributed by atoms with Gasteiger partial charge in [0.25, 0.3) is 5.89 Å². The predicted octanol–water partition coefficient (Wildman–Crippen LogP) is 3.00. The van der Waals surface area contributed by atoms with Gasteiger partial charge >= 0.3 is 0 Å². The molecule has 0 amide bonds. The maximum absolute atomic E-state index is 5.73. The van der Waals surface area contributed by atoms with E-state index in [-0.39, 0.29) is 0 Å². The Bertz CT molecular complexity index is 690. The van der Waals surface area contributed by atoms with Crippen molar-refractivity contribution >= 4 is 16.5 Å². The van der Waals surface area contributed by atoms with E-state index in [0.29, 0.717) is 16.8 Å². The van der Waals surface area contributed by atoms with Gasteiger partial charge in [-0.05, 0) is 6.42 Å². The molecule has 0 radical (unpaired) electrons. The lowest BCUT2D eigenvalue weighted by Crippen LogP contribution is -1.86. The van der Waals surface area contributed by atoms with Crippen molar-refractivity contribution in [2.75, 3.05) is 5.73 Å². The minimum Gasteiger partial charge on any atom is -0.375 e. The van der Waals surface area contributed by atoms with E-state index in [1.807, 2.05) is 37.3 Å². The van der Waals surface area contributed by atoms with Crippen LogP contribution in [-0.2, 0) is 6.42 Å². The highest BCUT2D eigenvalue weighted by molar-refractivity contribution is 7.18. The molecule has 2 heterocycles. The molecule has 0 unspecified atom stereocenters. The Morgan fingerprint density at radius 2 is 2.00 bits per heavy atom. The molecule has 5 nitrogen and oxygen atoms in total. The molecule has 0 fully saturated rings. The van der Waals surface area contributed by atoms with Crippen molar-refractivity contribution < 1.29 is 4.52 Å². The van der Waals surface area contributed by atoms with Crippen molar-refractivity contribution in [3.05, 3.63) is 36.0 Å². The van der Waals surface area contributed by atoms with Gasteiger partial charge in [-0.25, -0.2) is 4.98 Å². The number of anilines is 1. The highest BCUT2D eigenvalue weighted by Crippen LogP contribution is 2.32. The predicted molar refractivity (Wildman–Crippen MR) is 74.6 cm³/mol. The quantitative estimate of drug-likeness (QED) is 0.793. The van der Waals surface area contributed by atoms with E-state index in [1.54, 1.807) is 0 Å². The summed E-state index contributed by atoms with van der Waals surface area (Å²) in [6.07, 6.45) is 0.784. The standard InChI is InChI=1S/C13H12N4OS/c1-2-9-10(19-13(14)15-9)12-16-11(17-18-12)8-6-4-3-5-7-8/h3-7H,2H2,1H3,(H2,14,15). The Kier molecular flexibility index (Phi) is 3.00. The molecule has 3 rings (SSSR count). The summed E-state index contributed by atoms with van der Waals surface area (Å²) in [5.74, 6) is 1.05. The summed E-state index contributed by atoms with van der Waals surface area (Å²) >= 11 is 1.37. The van der Waals surface area contributed by atoms with Crippen LogP contribution in [0, 0.1) is 0 Å². The first-order valence-corrected chi connectivity index (χ1v) is 6.74. The minimum absolute atomic E-state index is 0.477. The monoisotopic (exact) mass is 272 g/mol. The third kappa shape index (κ3) is 2.22. The molecule has 0 aliphatic carbocycles. The van der Waals surface area contributed by atoms with Crippen LogP contribution in [0.3, 0.4) is 0 Å². The molecule has 0 saturated carbocycles. The first kappa shape index (κ1) is 11.9. The molecule has 0 spiro atoms. The van der Waals surface area contributed by atoms with Crippen molar-refractivity contribution in [3.63, 3.8) is 0 Å². The molecule has 6 heteroatoms. The van der Waals surface area contributed by atoms with E-state index < -0.39 is 0 Å². The normalized spacial score (nSPS) is 10.8. The molecule has 0 bridgehead atoms. The summed E-state index contributed by atoms with van der Waals surface area (Å²) in [5, 5.41) is 4.52. The topological polar surface area (TPSA) is 77.8 Å². The summed E-state index contributed by atoms with van der Waals surface area (Å²) in [6.45, 7) is 2.02. The summed E-state index contributed by atoms with van der Waals surface area (Å²) in [7, 11) is 0. The third-order valence-electron chi connectivity index (χ3n) is 2.70. The maximum atomic E-state index is 5.73. The number of hydrogen-bond acceptors (Lipinski definition) is 6. The molecule has 2 aromatic heterocycles. The SMILES string of the molecule is CCc1nc(N)sc1-c1nc(-c2ccccc2)no1. The molecule has 0 aliphatic heterocycles. The van der Waals surface area contributed by atoms with Crippen molar-refractivity contribution in [1.29, 1.82) is 0 Å². The minimum atomic E-state index is 0.477. The molecule has 2 N–H and O–H groups in total. The largest absolute Gasteiger partial charge is 0.375 e. The molecular weight excluding hydrogens is 260 g/mol. The Morgan fingerprint density at radius 3 is 2.74 bits per heavy atom.